The molecule has 0 radical (unpaired) electrons. The lowest BCUT2D eigenvalue weighted by atomic mass is 9.91. The predicted octanol–water partition coefficient (Wildman–Crippen LogP) is 0.356. The second kappa shape index (κ2) is 3.03. The van der Waals surface area contributed by atoms with Gasteiger partial charge in [-0.3, -0.25) is 0 Å². The van der Waals surface area contributed by atoms with E-state index in [1.807, 2.05) is 13.8 Å². The smallest absolute Gasteiger partial charge is 0.332 e. The van der Waals surface area contributed by atoms with E-state index in [2.05, 4.69) is 0 Å². The molecule has 1 saturated heterocycles. The van der Waals surface area contributed by atoms with Crippen molar-refractivity contribution in [2.24, 2.45) is 5.73 Å². The Morgan fingerprint density at radius 2 is 2.25 bits per heavy atom. The number of hydrogen-bond donors (Lipinski definition) is 2. The van der Waals surface area contributed by atoms with Crippen molar-refractivity contribution in [3.8, 4) is 0 Å². The first-order chi connectivity index (χ1) is 5.41. The molecule has 0 aromatic carbocycles. The van der Waals surface area contributed by atoms with Crippen LogP contribution in [0.1, 0.15) is 26.7 Å². The van der Waals surface area contributed by atoms with Gasteiger partial charge in [-0.25, -0.2) is 4.79 Å². The van der Waals surface area contributed by atoms with Gasteiger partial charge in [0, 0.05) is 6.04 Å². The van der Waals surface area contributed by atoms with Gasteiger partial charge in [-0.2, -0.15) is 0 Å². The van der Waals surface area contributed by atoms with Crippen molar-refractivity contribution in [1.82, 2.24) is 0 Å². The molecule has 4 nitrogen and oxygen atoms in total. The van der Waals surface area contributed by atoms with Crippen LogP contribution in [-0.2, 0) is 9.53 Å². The summed E-state index contributed by atoms with van der Waals surface area (Å²) in [5.74, 6) is -0.918. The van der Waals surface area contributed by atoms with Crippen molar-refractivity contribution in [3.63, 3.8) is 0 Å². The van der Waals surface area contributed by atoms with E-state index < -0.39 is 17.7 Å². The van der Waals surface area contributed by atoms with Gasteiger partial charge in [0.05, 0.1) is 5.60 Å². The summed E-state index contributed by atoms with van der Waals surface area (Å²) in [6.45, 7) is 3.73. The molecule has 1 heterocycles. The summed E-state index contributed by atoms with van der Waals surface area (Å²) >= 11 is 0. The average Bonchev–Trinajstić information content (AvgIpc) is 1.82. The van der Waals surface area contributed by atoms with Crippen molar-refractivity contribution in [3.05, 3.63) is 0 Å². The minimum atomic E-state index is -0.918. The van der Waals surface area contributed by atoms with Crippen LogP contribution in [0.15, 0.2) is 0 Å². The first-order valence-electron chi connectivity index (χ1n) is 4.07. The van der Waals surface area contributed by atoms with Crippen LogP contribution in [0.25, 0.3) is 0 Å². The van der Waals surface area contributed by atoms with Gasteiger partial charge in [0.15, 0.2) is 6.10 Å². The maximum absolute atomic E-state index is 10.6. The van der Waals surface area contributed by atoms with Gasteiger partial charge in [-0.1, -0.05) is 0 Å². The highest BCUT2D eigenvalue weighted by atomic mass is 16.5. The number of aliphatic carboxylic acids is 1. The largest absolute Gasteiger partial charge is 0.479 e. The van der Waals surface area contributed by atoms with Gasteiger partial charge >= 0.3 is 5.97 Å². The van der Waals surface area contributed by atoms with Gasteiger partial charge in [0.2, 0.25) is 0 Å². The number of ether oxygens (including phenoxy) is 1. The summed E-state index contributed by atoms with van der Waals surface area (Å²) in [5.41, 5.74) is 5.29. The lowest BCUT2D eigenvalue weighted by molar-refractivity contribution is -0.171. The molecule has 12 heavy (non-hydrogen) atoms. The standard InChI is InChI=1S/C8H15NO3/c1-8(2)4-5(9)3-6(12-8)7(10)11/h5-6H,3-4,9H2,1-2H3,(H,10,11)/t5-,6+/m0/s1. The second-order valence-electron chi connectivity index (χ2n) is 3.90. The number of carbonyl (C=O) groups is 1. The maximum Gasteiger partial charge on any atom is 0.332 e. The van der Waals surface area contributed by atoms with Crippen LogP contribution in [0.2, 0.25) is 0 Å². The molecule has 0 unspecified atom stereocenters. The van der Waals surface area contributed by atoms with Crippen LogP contribution in [0.5, 0.6) is 0 Å². The van der Waals surface area contributed by atoms with E-state index in [4.69, 9.17) is 15.6 Å². The summed E-state index contributed by atoms with van der Waals surface area (Å²) in [7, 11) is 0. The quantitative estimate of drug-likeness (QED) is 0.600. The SMILES string of the molecule is CC1(C)C[C@@H](N)C[C@H](C(=O)O)O1. The summed E-state index contributed by atoms with van der Waals surface area (Å²) in [4.78, 5) is 10.6. The summed E-state index contributed by atoms with van der Waals surface area (Å²) < 4.78 is 5.33. The molecule has 1 aliphatic heterocycles. The Morgan fingerprint density at radius 1 is 1.67 bits per heavy atom. The van der Waals surface area contributed by atoms with Crippen LogP contribution in [-0.4, -0.2) is 28.8 Å². The van der Waals surface area contributed by atoms with E-state index in [0.717, 1.165) is 6.42 Å². The Hall–Kier alpha value is -0.610. The number of hydrogen-bond acceptors (Lipinski definition) is 3. The molecule has 0 spiro atoms. The number of rotatable bonds is 1. The van der Waals surface area contributed by atoms with Gasteiger partial charge in [0.1, 0.15) is 0 Å². The van der Waals surface area contributed by atoms with Crippen molar-refractivity contribution in [2.45, 2.75) is 44.4 Å². The van der Waals surface area contributed by atoms with Crippen molar-refractivity contribution in [2.75, 3.05) is 0 Å². The zero-order valence-corrected chi connectivity index (χ0v) is 7.41. The third kappa shape index (κ3) is 2.19. The molecular weight excluding hydrogens is 158 g/mol. The molecule has 0 amide bonds. The van der Waals surface area contributed by atoms with Crippen molar-refractivity contribution >= 4 is 5.97 Å². The topological polar surface area (TPSA) is 72.6 Å². The van der Waals surface area contributed by atoms with E-state index in [-0.39, 0.29) is 6.04 Å². The zero-order valence-electron chi connectivity index (χ0n) is 7.41. The number of carboxylic acid groups (broad SMARTS) is 1. The highest BCUT2D eigenvalue weighted by molar-refractivity contribution is 5.72. The van der Waals surface area contributed by atoms with E-state index in [1.54, 1.807) is 0 Å². The van der Waals surface area contributed by atoms with Crippen LogP contribution in [0.3, 0.4) is 0 Å². The Kier molecular flexibility index (Phi) is 2.39. The molecular formula is C8H15NO3. The van der Waals surface area contributed by atoms with E-state index in [0.29, 0.717) is 6.42 Å². The fraction of sp³-hybridized carbons (Fsp3) is 0.875. The normalized spacial score (nSPS) is 34.6. The fourth-order valence-corrected chi connectivity index (χ4v) is 1.62. The second-order valence-corrected chi connectivity index (χ2v) is 3.90. The highest BCUT2D eigenvalue weighted by Gasteiger charge is 2.36. The van der Waals surface area contributed by atoms with E-state index >= 15 is 0 Å². The van der Waals surface area contributed by atoms with Gasteiger partial charge < -0.3 is 15.6 Å². The molecule has 0 aliphatic carbocycles. The molecule has 0 saturated carbocycles. The number of carboxylic acids is 1. The van der Waals surface area contributed by atoms with E-state index in [1.165, 1.54) is 0 Å². The molecule has 4 heteroatoms. The lowest BCUT2D eigenvalue weighted by Gasteiger charge is -2.37. The van der Waals surface area contributed by atoms with Crippen molar-refractivity contribution < 1.29 is 14.6 Å². The Morgan fingerprint density at radius 3 is 2.67 bits per heavy atom. The predicted molar refractivity (Wildman–Crippen MR) is 43.8 cm³/mol. The Bertz CT molecular complexity index is 191. The van der Waals surface area contributed by atoms with Crippen LogP contribution >= 0.6 is 0 Å². The van der Waals surface area contributed by atoms with E-state index in [9.17, 15) is 4.79 Å². The van der Waals surface area contributed by atoms with Crippen LogP contribution in [0, 0.1) is 0 Å². The monoisotopic (exact) mass is 173 g/mol. The van der Waals surface area contributed by atoms with Gasteiger partial charge in [-0.05, 0) is 26.7 Å². The van der Waals surface area contributed by atoms with Gasteiger partial charge in [0.25, 0.3) is 0 Å². The molecule has 1 aliphatic rings. The van der Waals surface area contributed by atoms with Crippen LogP contribution in [0.4, 0.5) is 0 Å². The highest BCUT2D eigenvalue weighted by Crippen LogP contribution is 2.27. The summed E-state index contributed by atoms with van der Waals surface area (Å²) in [5, 5.41) is 8.71. The molecule has 2 atom stereocenters. The molecule has 3 N–H and O–H groups in total. The minimum Gasteiger partial charge on any atom is -0.479 e. The summed E-state index contributed by atoms with van der Waals surface area (Å²) in [6.07, 6.45) is 0.402. The molecule has 1 fully saturated rings. The first kappa shape index (κ1) is 9.48. The molecule has 0 bridgehead atoms. The third-order valence-electron chi connectivity index (χ3n) is 2.01. The van der Waals surface area contributed by atoms with Crippen molar-refractivity contribution in [1.29, 1.82) is 0 Å². The summed E-state index contributed by atoms with van der Waals surface area (Å²) in [6, 6.07) is -0.0603. The maximum atomic E-state index is 10.6. The minimum absolute atomic E-state index is 0.0603. The zero-order chi connectivity index (χ0) is 9.35. The average molecular weight is 173 g/mol. The van der Waals surface area contributed by atoms with Gasteiger partial charge in [-0.15, -0.1) is 0 Å². The molecule has 0 aromatic heterocycles. The molecule has 0 aromatic rings. The molecule has 1 rings (SSSR count). The number of nitrogens with two attached hydrogens (primary N) is 1. The lowest BCUT2D eigenvalue weighted by Crippen LogP contribution is -2.48. The first-order valence-corrected chi connectivity index (χ1v) is 4.07. The Balaban J connectivity index is 2.64. The third-order valence-corrected chi connectivity index (χ3v) is 2.01. The molecule has 70 valence electrons. The fourth-order valence-electron chi connectivity index (χ4n) is 1.62. The van der Waals surface area contributed by atoms with Crippen LogP contribution < -0.4 is 5.73 Å². The Labute approximate surface area is 71.7 Å².